The third kappa shape index (κ3) is 4.67. The van der Waals surface area contributed by atoms with E-state index in [-0.39, 0.29) is 10.8 Å². The van der Waals surface area contributed by atoms with Crippen LogP contribution >= 0.6 is 0 Å². The molecule has 31 heavy (non-hydrogen) atoms. The number of aromatic nitrogens is 3. The zero-order valence-corrected chi connectivity index (χ0v) is 18.2. The molecule has 3 aromatic rings. The van der Waals surface area contributed by atoms with Crippen molar-refractivity contribution in [2.75, 3.05) is 19.6 Å². The van der Waals surface area contributed by atoms with E-state index in [0.29, 0.717) is 31.7 Å². The molecule has 2 aromatic heterocycles. The predicted octanol–water partition coefficient (Wildman–Crippen LogP) is 2.47. The van der Waals surface area contributed by atoms with Gasteiger partial charge < -0.3 is 5.32 Å². The van der Waals surface area contributed by atoms with Gasteiger partial charge in [0.25, 0.3) is 5.91 Å². The van der Waals surface area contributed by atoms with Crippen LogP contribution in [0.25, 0.3) is 11.3 Å². The Hall–Kier alpha value is -3.04. The first-order chi connectivity index (χ1) is 14.9. The van der Waals surface area contributed by atoms with Crippen LogP contribution in [0, 0.1) is 6.92 Å². The summed E-state index contributed by atoms with van der Waals surface area (Å²) in [5.41, 5.74) is 3.28. The minimum atomic E-state index is -3.47. The number of nitrogens with one attached hydrogen (secondary N) is 1. The van der Waals surface area contributed by atoms with Crippen LogP contribution < -0.4 is 5.32 Å². The molecular formula is C22H25N5O3S. The Morgan fingerprint density at radius 2 is 1.74 bits per heavy atom. The topological polar surface area (TPSA) is 97.2 Å². The van der Waals surface area contributed by atoms with E-state index in [2.05, 4.69) is 15.4 Å². The highest BCUT2D eigenvalue weighted by molar-refractivity contribution is 7.89. The van der Waals surface area contributed by atoms with E-state index in [4.69, 9.17) is 0 Å². The molecule has 3 heterocycles. The molecule has 0 unspecified atom stereocenters. The maximum atomic E-state index is 12.6. The molecule has 0 atom stereocenters. The quantitative estimate of drug-likeness (QED) is 0.610. The normalized spacial score (nSPS) is 14.6. The highest BCUT2D eigenvalue weighted by Gasteiger charge is 2.27. The monoisotopic (exact) mass is 439 g/mol. The molecule has 1 aliphatic heterocycles. The molecular weight excluding hydrogens is 414 g/mol. The Balaban J connectivity index is 1.35. The van der Waals surface area contributed by atoms with Crippen molar-refractivity contribution in [1.29, 1.82) is 0 Å². The van der Waals surface area contributed by atoms with E-state index in [0.717, 1.165) is 29.8 Å². The second-order valence-corrected chi connectivity index (χ2v) is 9.46. The molecule has 9 heteroatoms. The van der Waals surface area contributed by atoms with Gasteiger partial charge in [0.05, 0.1) is 17.1 Å². The zero-order chi connectivity index (χ0) is 21.8. The van der Waals surface area contributed by atoms with Crippen LogP contribution in [0.2, 0.25) is 0 Å². The summed E-state index contributed by atoms with van der Waals surface area (Å²) in [6.07, 6.45) is 5.23. The molecule has 0 saturated carbocycles. The average Bonchev–Trinajstić information content (AvgIpc) is 3.45. The summed E-state index contributed by atoms with van der Waals surface area (Å²) in [7, 11) is -3.47. The molecule has 4 rings (SSSR count). The summed E-state index contributed by atoms with van der Waals surface area (Å²) in [4.78, 5) is 16.7. The summed E-state index contributed by atoms with van der Waals surface area (Å²) in [6, 6.07) is 11.9. The Labute approximate surface area is 182 Å². The minimum Gasteiger partial charge on any atom is -0.350 e. The molecule has 1 fully saturated rings. The third-order valence-electron chi connectivity index (χ3n) is 5.39. The van der Waals surface area contributed by atoms with Gasteiger partial charge in [0, 0.05) is 48.8 Å². The number of sulfonamides is 1. The van der Waals surface area contributed by atoms with Gasteiger partial charge in [-0.3, -0.25) is 14.5 Å². The largest absolute Gasteiger partial charge is 0.350 e. The third-order valence-corrected chi connectivity index (χ3v) is 7.30. The van der Waals surface area contributed by atoms with Crippen LogP contribution in [0.1, 0.15) is 28.9 Å². The minimum absolute atomic E-state index is 0.224. The number of hydrogen-bond donors (Lipinski definition) is 1. The fraction of sp³-hybridized carbons (Fsp3) is 0.318. The first-order valence-electron chi connectivity index (χ1n) is 10.3. The van der Waals surface area contributed by atoms with Gasteiger partial charge in [-0.15, -0.1) is 0 Å². The number of hydrogen-bond acceptors (Lipinski definition) is 5. The van der Waals surface area contributed by atoms with Gasteiger partial charge in [-0.05, 0) is 62.2 Å². The van der Waals surface area contributed by atoms with Crippen molar-refractivity contribution in [3.63, 3.8) is 0 Å². The Morgan fingerprint density at radius 1 is 1.06 bits per heavy atom. The standard InChI is InChI=1S/C22H25N5O3S/c1-17-16-21(18-8-10-23-11-9-18)25-27(17)15-12-24-22(28)19-4-6-20(7-5-19)31(29,30)26-13-2-3-14-26/h4-11,16H,2-3,12-15H2,1H3,(H,24,28). The first kappa shape index (κ1) is 21.2. The average molecular weight is 440 g/mol. The number of benzene rings is 1. The zero-order valence-electron chi connectivity index (χ0n) is 17.4. The van der Waals surface area contributed by atoms with E-state index in [1.807, 2.05) is 29.8 Å². The first-order valence-corrected chi connectivity index (χ1v) is 11.7. The molecule has 1 amide bonds. The van der Waals surface area contributed by atoms with Crippen molar-refractivity contribution in [1.82, 2.24) is 24.4 Å². The number of amides is 1. The van der Waals surface area contributed by atoms with Gasteiger partial charge in [0.15, 0.2) is 0 Å². The molecule has 8 nitrogen and oxygen atoms in total. The van der Waals surface area contributed by atoms with Crippen LogP contribution in [-0.2, 0) is 16.6 Å². The van der Waals surface area contributed by atoms with Crippen molar-refractivity contribution in [2.24, 2.45) is 0 Å². The molecule has 0 aliphatic carbocycles. The van der Waals surface area contributed by atoms with Gasteiger partial charge >= 0.3 is 0 Å². The van der Waals surface area contributed by atoms with Crippen molar-refractivity contribution in [3.8, 4) is 11.3 Å². The molecule has 1 aromatic carbocycles. The van der Waals surface area contributed by atoms with Gasteiger partial charge in [0.1, 0.15) is 0 Å². The van der Waals surface area contributed by atoms with Crippen molar-refractivity contribution in [2.45, 2.75) is 31.2 Å². The molecule has 0 radical (unpaired) electrons. The number of carbonyl (C=O) groups is 1. The van der Waals surface area contributed by atoms with E-state index in [1.165, 1.54) is 16.4 Å². The van der Waals surface area contributed by atoms with Crippen molar-refractivity contribution < 1.29 is 13.2 Å². The van der Waals surface area contributed by atoms with E-state index >= 15 is 0 Å². The fourth-order valence-corrected chi connectivity index (χ4v) is 5.15. The Kier molecular flexibility index (Phi) is 6.15. The summed E-state index contributed by atoms with van der Waals surface area (Å²) in [6.45, 7) is 4.02. The number of aryl methyl sites for hydroxylation is 1. The molecule has 0 spiro atoms. The van der Waals surface area contributed by atoms with Crippen LogP contribution in [0.3, 0.4) is 0 Å². The van der Waals surface area contributed by atoms with Crippen molar-refractivity contribution >= 4 is 15.9 Å². The Morgan fingerprint density at radius 3 is 2.42 bits per heavy atom. The maximum absolute atomic E-state index is 12.6. The number of rotatable bonds is 7. The number of pyridine rings is 1. The maximum Gasteiger partial charge on any atom is 0.251 e. The second kappa shape index (κ2) is 8.99. The second-order valence-electron chi connectivity index (χ2n) is 7.52. The van der Waals surface area contributed by atoms with Crippen LogP contribution in [-0.4, -0.2) is 53.0 Å². The smallest absolute Gasteiger partial charge is 0.251 e. The van der Waals surface area contributed by atoms with Gasteiger partial charge in [-0.2, -0.15) is 9.40 Å². The lowest BCUT2D eigenvalue weighted by molar-refractivity contribution is 0.0951. The van der Waals surface area contributed by atoms with E-state index < -0.39 is 10.0 Å². The molecule has 1 saturated heterocycles. The predicted molar refractivity (Wildman–Crippen MR) is 117 cm³/mol. The highest BCUT2D eigenvalue weighted by atomic mass is 32.2. The van der Waals surface area contributed by atoms with Crippen LogP contribution in [0.5, 0.6) is 0 Å². The number of carbonyl (C=O) groups excluding carboxylic acids is 1. The molecule has 0 bridgehead atoms. The summed E-state index contributed by atoms with van der Waals surface area (Å²) < 4.78 is 28.5. The molecule has 1 N–H and O–H groups in total. The Bertz CT molecular complexity index is 1150. The number of nitrogens with zero attached hydrogens (tertiary/aromatic N) is 4. The van der Waals surface area contributed by atoms with Gasteiger partial charge in [-0.1, -0.05) is 0 Å². The molecule has 162 valence electrons. The summed E-state index contributed by atoms with van der Waals surface area (Å²) >= 11 is 0. The summed E-state index contributed by atoms with van der Waals surface area (Å²) in [5, 5.41) is 7.46. The van der Waals surface area contributed by atoms with Gasteiger partial charge in [-0.25, -0.2) is 8.42 Å². The lowest BCUT2D eigenvalue weighted by Crippen LogP contribution is -2.29. The van der Waals surface area contributed by atoms with E-state index in [9.17, 15) is 13.2 Å². The van der Waals surface area contributed by atoms with Crippen LogP contribution in [0.15, 0.2) is 59.8 Å². The molecule has 1 aliphatic rings. The van der Waals surface area contributed by atoms with E-state index in [1.54, 1.807) is 24.5 Å². The van der Waals surface area contributed by atoms with Crippen molar-refractivity contribution in [3.05, 3.63) is 66.1 Å². The fourth-order valence-electron chi connectivity index (χ4n) is 3.63. The summed E-state index contributed by atoms with van der Waals surface area (Å²) in [5.74, 6) is -0.246. The van der Waals surface area contributed by atoms with Gasteiger partial charge in [0.2, 0.25) is 10.0 Å². The SMILES string of the molecule is Cc1cc(-c2ccncc2)nn1CCNC(=O)c1ccc(S(=O)(=O)N2CCCC2)cc1. The van der Waals surface area contributed by atoms with Crippen LogP contribution in [0.4, 0.5) is 0 Å². The lowest BCUT2D eigenvalue weighted by atomic mass is 10.2. The lowest BCUT2D eigenvalue weighted by Gasteiger charge is -2.15. The highest BCUT2D eigenvalue weighted by Crippen LogP contribution is 2.21.